The number of aromatic nitrogens is 4. The number of carboxylic acids is 1. The zero-order valence-electron chi connectivity index (χ0n) is 28.5. The number of imidazole rings is 2. The van der Waals surface area contributed by atoms with Crippen molar-refractivity contribution in [2.45, 2.75) is 37.3 Å². The summed E-state index contributed by atoms with van der Waals surface area (Å²) in [6.45, 7) is 0. The number of hydrogen-bond donors (Lipinski definition) is 4. The third-order valence-electron chi connectivity index (χ3n) is 11.0. The monoisotopic (exact) mass is 980 g/mol. The summed E-state index contributed by atoms with van der Waals surface area (Å²) in [4.78, 5) is 65.6. The largest absolute Gasteiger partial charge is 0.508 e. The lowest BCUT2D eigenvalue weighted by Gasteiger charge is -2.26. The Balaban J connectivity index is 0.000000120. The lowest BCUT2D eigenvalue weighted by Crippen LogP contribution is -2.42. The zero-order chi connectivity index (χ0) is 39.1. The van der Waals surface area contributed by atoms with E-state index < -0.39 is 66.0 Å². The molecule has 12 atom stereocenters. The number of rotatable bonds is 3. The highest BCUT2D eigenvalue weighted by molar-refractivity contribution is 14.1. The molecule has 288 valence electrons. The summed E-state index contributed by atoms with van der Waals surface area (Å²) in [6, 6.07) is 14.0. The summed E-state index contributed by atoms with van der Waals surface area (Å²) >= 11 is 4.35. The number of halogens is 2. The van der Waals surface area contributed by atoms with Gasteiger partial charge in [-0.05, 0) is 107 Å². The number of carboxylic acid groups (broad SMARTS) is 1. The number of nitrogens with zero attached hydrogens (tertiary/aromatic N) is 4. The average Bonchev–Trinajstić information content (AvgIpc) is 4.02. The van der Waals surface area contributed by atoms with Crippen molar-refractivity contribution in [3.8, 4) is 11.5 Å². The van der Waals surface area contributed by atoms with E-state index in [1.165, 1.54) is 21.8 Å². The van der Waals surface area contributed by atoms with Crippen molar-refractivity contribution in [2.24, 2.45) is 47.3 Å². The fraction of sp³-hybridized carbons (Fsp3) is 0.378. The number of phenols is 1. The van der Waals surface area contributed by atoms with Crippen LogP contribution in [0.15, 0.2) is 86.0 Å². The van der Waals surface area contributed by atoms with Gasteiger partial charge in [0, 0.05) is 55.6 Å². The summed E-state index contributed by atoms with van der Waals surface area (Å²) in [7, 11) is 0. The SMILES string of the molecule is O=C(O)C1C2CC3C(OC(=O)C31)C2O.O=C(Oc1ccc(I)cc1)C1C2CC3C(OC(=O)C31)C2O.O=C(n1ccnc1)n1ccnc1.Oc1ccc(I)cc1. The predicted molar refractivity (Wildman–Crippen MR) is 203 cm³/mol. The van der Waals surface area contributed by atoms with Gasteiger partial charge >= 0.3 is 29.9 Å². The highest BCUT2D eigenvalue weighted by atomic mass is 127. The number of esters is 3. The van der Waals surface area contributed by atoms with Crippen LogP contribution in [0.25, 0.3) is 0 Å². The average molecular weight is 981 g/mol. The molecule has 12 unspecified atom stereocenters. The van der Waals surface area contributed by atoms with Crippen LogP contribution in [0, 0.1) is 54.5 Å². The third-order valence-corrected chi connectivity index (χ3v) is 12.5. The van der Waals surface area contributed by atoms with Crippen molar-refractivity contribution in [2.75, 3.05) is 0 Å². The quantitative estimate of drug-likeness (QED) is 0.131. The fourth-order valence-electron chi connectivity index (χ4n) is 8.70. The van der Waals surface area contributed by atoms with Crippen molar-refractivity contribution in [1.29, 1.82) is 0 Å². The molecule has 4 aliphatic carbocycles. The van der Waals surface area contributed by atoms with Crippen molar-refractivity contribution >= 4 is 75.1 Å². The molecule has 4 aromatic rings. The number of benzene rings is 2. The Kier molecular flexibility index (Phi) is 11.3. The molecule has 2 aliphatic heterocycles. The molecule has 4 bridgehead atoms. The van der Waals surface area contributed by atoms with E-state index in [0.717, 1.165) is 7.14 Å². The molecule has 4 heterocycles. The van der Waals surface area contributed by atoms with Crippen LogP contribution < -0.4 is 4.74 Å². The van der Waals surface area contributed by atoms with E-state index in [4.69, 9.17) is 24.4 Å². The molecule has 18 heteroatoms. The number of fused-ring (bicyclic) bond motifs is 2. The number of aliphatic hydroxyl groups is 2. The molecule has 4 saturated carbocycles. The molecule has 16 nitrogen and oxygen atoms in total. The van der Waals surface area contributed by atoms with Gasteiger partial charge in [-0.15, -0.1) is 0 Å². The number of aliphatic carboxylic acids is 1. The molecule has 10 rings (SSSR count). The molecule has 6 aliphatic rings. The van der Waals surface area contributed by atoms with Gasteiger partial charge in [0.05, 0.1) is 35.9 Å². The Morgan fingerprint density at radius 1 is 0.709 bits per heavy atom. The van der Waals surface area contributed by atoms with E-state index in [-0.39, 0.29) is 35.7 Å². The second-order valence-corrected chi connectivity index (χ2v) is 16.4. The minimum atomic E-state index is -0.987. The third kappa shape index (κ3) is 7.60. The van der Waals surface area contributed by atoms with Gasteiger partial charge in [-0.2, -0.15) is 0 Å². The standard InChI is InChI=1S/C15H13IO5.C9H10O5.C7H6N4O.C6H5IO/c16-6-1-3-7(4-2-6)20-14(18)10-8-5-9-11(10)15(19)21-13(9)12(8)17;10-6-2-1-3-5(4(2)8(11)12)9(13)14-7(3)6;12-7(10-3-1-8-5-10)11-4-2-9-6-11;7-5-1-3-6(8)4-2-5/h1-4,8-13,17H,5H2;2-7,10H,1H2,(H,11,12);1-6H;1-4,8H. The lowest BCUT2D eigenvalue weighted by atomic mass is 9.78. The number of carbonyl (C=O) groups is 5. The minimum Gasteiger partial charge on any atom is -0.508 e. The van der Waals surface area contributed by atoms with E-state index in [9.17, 15) is 34.2 Å². The van der Waals surface area contributed by atoms with E-state index >= 15 is 0 Å². The van der Waals surface area contributed by atoms with E-state index in [0.29, 0.717) is 24.3 Å². The molecule has 2 aromatic heterocycles. The summed E-state index contributed by atoms with van der Waals surface area (Å²) in [5.41, 5.74) is 0. The number of hydrogen-bond acceptors (Lipinski definition) is 13. The zero-order valence-corrected chi connectivity index (χ0v) is 32.8. The predicted octanol–water partition coefficient (Wildman–Crippen LogP) is 3.20. The Bertz CT molecular complexity index is 1990. The highest BCUT2D eigenvalue weighted by Crippen LogP contribution is 2.59. The fourth-order valence-corrected chi connectivity index (χ4v) is 9.42. The molecule has 0 radical (unpaired) electrons. The normalized spacial score (nSPS) is 32.2. The van der Waals surface area contributed by atoms with E-state index in [1.807, 2.05) is 24.3 Å². The van der Waals surface area contributed by atoms with Gasteiger partial charge in [0.1, 0.15) is 36.4 Å². The van der Waals surface area contributed by atoms with Gasteiger partial charge in [0.2, 0.25) is 0 Å². The molecule has 55 heavy (non-hydrogen) atoms. The van der Waals surface area contributed by atoms with Gasteiger partial charge < -0.3 is 34.6 Å². The van der Waals surface area contributed by atoms with E-state index in [1.54, 1.807) is 49.1 Å². The van der Waals surface area contributed by atoms with Crippen molar-refractivity contribution < 1.29 is 58.6 Å². The lowest BCUT2D eigenvalue weighted by molar-refractivity contribution is -0.151. The molecule has 0 spiro atoms. The second kappa shape index (κ2) is 16.0. The Hall–Kier alpha value is -4.41. The topological polar surface area (TPSA) is 230 Å². The smallest absolute Gasteiger partial charge is 0.338 e. The first-order chi connectivity index (χ1) is 26.3. The summed E-state index contributed by atoms with van der Waals surface area (Å²) in [5, 5.41) is 37.6. The second-order valence-electron chi connectivity index (χ2n) is 13.9. The van der Waals surface area contributed by atoms with Crippen LogP contribution in [0.3, 0.4) is 0 Å². The maximum absolute atomic E-state index is 12.4. The first kappa shape index (κ1) is 38.8. The molecular weight excluding hydrogens is 946 g/mol. The van der Waals surface area contributed by atoms with Crippen LogP contribution in [0.4, 0.5) is 4.79 Å². The van der Waals surface area contributed by atoms with Crippen LogP contribution >= 0.6 is 45.2 Å². The van der Waals surface area contributed by atoms with Crippen LogP contribution in [0.1, 0.15) is 12.8 Å². The number of ether oxygens (including phenoxy) is 3. The van der Waals surface area contributed by atoms with Crippen molar-refractivity contribution in [1.82, 2.24) is 19.1 Å². The molecule has 0 amide bonds. The number of carbonyl (C=O) groups excluding carboxylic acids is 4. The van der Waals surface area contributed by atoms with Gasteiger partial charge in [-0.25, -0.2) is 14.8 Å². The maximum Gasteiger partial charge on any atom is 0.338 e. The summed E-state index contributed by atoms with van der Waals surface area (Å²) < 4.78 is 20.5. The Morgan fingerprint density at radius 3 is 1.60 bits per heavy atom. The molecule has 2 aromatic carbocycles. The van der Waals surface area contributed by atoms with Gasteiger partial charge in [0.25, 0.3) is 0 Å². The molecule has 2 saturated heterocycles. The Morgan fingerprint density at radius 2 is 1.16 bits per heavy atom. The number of phenolic OH excluding ortho intramolecular Hbond substituents is 1. The van der Waals surface area contributed by atoms with Gasteiger partial charge in [0.15, 0.2) is 0 Å². The molecular formula is C37H34I2N4O12. The first-order valence-corrected chi connectivity index (χ1v) is 19.4. The first-order valence-electron chi connectivity index (χ1n) is 17.3. The minimum absolute atomic E-state index is 0.0354. The van der Waals surface area contributed by atoms with Crippen molar-refractivity contribution in [3.63, 3.8) is 0 Å². The van der Waals surface area contributed by atoms with Crippen LogP contribution in [0.2, 0.25) is 0 Å². The Labute approximate surface area is 340 Å². The number of aliphatic hydroxyl groups excluding tert-OH is 2. The van der Waals surface area contributed by atoms with Crippen LogP contribution in [0.5, 0.6) is 11.5 Å². The molecule has 6 fully saturated rings. The van der Waals surface area contributed by atoms with Crippen molar-refractivity contribution in [3.05, 3.63) is 93.1 Å². The van der Waals surface area contributed by atoms with Crippen LogP contribution in [-0.2, 0) is 28.7 Å². The number of aromatic hydroxyl groups is 1. The highest BCUT2D eigenvalue weighted by Gasteiger charge is 2.69. The maximum atomic E-state index is 12.4. The van der Waals surface area contributed by atoms with Gasteiger partial charge in [-0.3, -0.25) is 28.3 Å². The van der Waals surface area contributed by atoms with E-state index in [2.05, 4.69) is 55.1 Å². The molecule has 4 N–H and O–H groups in total. The summed E-state index contributed by atoms with van der Waals surface area (Å²) in [6.07, 6.45) is 8.06. The van der Waals surface area contributed by atoms with Crippen LogP contribution in [-0.4, -0.2) is 93.9 Å². The van der Waals surface area contributed by atoms with Gasteiger partial charge in [-0.1, -0.05) is 0 Å². The summed E-state index contributed by atoms with van der Waals surface area (Å²) in [5.74, 6) is -4.35.